The number of carbonyl (C=O) groups excluding carboxylic acids is 4. The number of guanidine groups is 1. The maximum atomic E-state index is 12.3. The summed E-state index contributed by atoms with van der Waals surface area (Å²) in [6.45, 7) is -0.337. The molecule has 0 aliphatic carbocycles. The van der Waals surface area contributed by atoms with Gasteiger partial charge in [-0.3, -0.25) is 24.2 Å². The van der Waals surface area contributed by atoms with E-state index in [-0.39, 0.29) is 24.7 Å². The van der Waals surface area contributed by atoms with Crippen molar-refractivity contribution in [2.24, 2.45) is 27.9 Å². The van der Waals surface area contributed by atoms with E-state index in [1.165, 1.54) is 0 Å². The first-order valence-electron chi connectivity index (χ1n) is 8.78. The molecule has 0 aromatic carbocycles. The number of nitrogens with two attached hydrogens (primary N) is 4. The summed E-state index contributed by atoms with van der Waals surface area (Å²) in [6.07, 6.45) is -0.0432. The molecule has 0 aromatic heterocycles. The summed E-state index contributed by atoms with van der Waals surface area (Å²) in [5.41, 5.74) is 20.7. The van der Waals surface area contributed by atoms with Crippen molar-refractivity contribution in [1.29, 1.82) is 0 Å². The molecule has 30 heavy (non-hydrogen) atoms. The predicted octanol–water partition coefficient (Wildman–Crippen LogP) is -4.66. The fraction of sp³-hybridized carbons (Fsp3) is 0.600. The van der Waals surface area contributed by atoms with E-state index in [0.29, 0.717) is 6.42 Å². The fourth-order valence-corrected chi connectivity index (χ4v) is 2.34. The molecule has 0 bridgehead atoms. The first kappa shape index (κ1) is 26.9. The van der Waals surface area contributed by atoms with Gasteiger partial charge in [0.1, 0.15) is 12.1 Å². The van der Waals surface area contributed by atoms with Gasteiger partial charge in [0.2, 0.25) is 23.6 Å². The van der Waals surface area contributed by atoms with Crippen molar-refractivity contribution in [3.8, 4) is 0 Å². The Hall–Kier alpha value is -3.07. The molecule has 0 aromatic rings. The summed E-state index contributed by atoms with van der Waals surface area (Å²) < 4.78 is 0. The zero-order valence-electron chi connectivity index (χ0n) is 16.2. The van der Waals surface area contributed by atoms with Gasteiger partial charge in [-0.1, -0.05) is 0 Å². The van der Waals surface area contributed by atoms with Crippen LogP contribution in [0.3, 0.4) is 0 Å². The Bertz CT molecular complexity index is 670. The lowest BCUT2D eigenvalue weighted by atomic mass is 10.1. The number of carboxylic acids is 1. The molecule has 170 valence electrons. The van der Waals surface area contributed by atoms with Crippen LogP contribution < -0.4 is 38.9 Å². The lowest BCUT2D eigenvalue weighted by Gasteiger charge is -2.20. The van der Waals surface area contributed by atoms with E-state index in [4.69, 9.17) is 22.9 Å². The summed E-state index contributed by atoms with van der Waals surface area (Å²) >= 11 is 3.96. The van der Waals surface area contributed by atoms with Gasteiger partial charge >= 0.3 is 5.97 Å². The number of nitrogens with one attached hydrogen (secondary N) is 3. The maximum Gasteiger partial charge on any atom is 0.326 e. The fourth-order valence-electron chi connectivity index (χ4n) is 2.08. The number of amides is 4. The molecule has 0 aliphatic heterocycles. The van der Waals surface area contributed by atoms with Gasteiger partial charge in [-0.05, 0) is 12.8 Å². The van der Waals surface area contributed by atoms with E-state index in [2.05, 4.69) is 33.6 Å². The standard InChI is InChI=1S/C15H28N8O6S/c16-7(4-10(17)24)12(26)21-5-11(25)22-9(6-30)13(27)23-8(14(28)29)2-1-3-20-15(18)19/h7-9,30H,1-6,16H2,(H2,17,24)(H,21,26)(H,22,25)(H,23,27)(H,28,29)(H4,18,19,20). The maximum absolute atomic E-state index is 12.3. The van der Waals surface area contributed by atoms with E-state index in [0.717, 1.165) is 0 Å². The number of hydrogen-bond acceptors (Lipinski definition) is 8. The van der Waals surface area contributed by atoms with Gasteiger partial charge in [-0.25, -0.2) is 4.79 Å². The monoisotopic (exact) mass is 448 g/mol. The van der Waals surface area contributed by atoms with Crippen LogP contribution in [0.25, 0.3) is 0 Å². The number of carboxylic acid groups (broad SMARTS) is 1. The number of thiol groups is 1. The smallest absolute Gasteiger partial charge is 0.326 e. The molecule has 0 heterocycles. The quantitative estimate of drug-likeness (QED) is 0.0534. The third kappa shape index (κ3) is 11.7. The zero-order chi connectivity index (χ0) is 23.3. The van der Waals surface area contributed by atoms with Crippen molar-refractivity contribution in [3.05, 3.63) is 0 Å². The van der Waals surface area contributed by atoms with Crippen LogP contribution >= 0.6 is 12.6 Å². The summed E-state index contributed by atoms with van der Waals surface area (Å²) in [7, 11) is 0. The number of rotatable bonds is 14. The minimum absolute atomic E-state index is 0.0545. The number of hydrogen-bond donors (Lipinski definition) is 9. The van der Waals surface area contributed by atoms with Gasteiger partial charge in [0.05, 0.1) is 19.0 Å². The number of primary amides is 1. The molecular formula is C15H28N8O6S. The molecule has 0 fully saturated rings. The van der Waals surface area contributed by atoms with Crippen LogP contribution in [0.15, 0.2) is 4.99 Å². The van der Waals surface area contributed by atoms with E-state index in [1.807, 2.05) is 0 Å². The van der Waals surface area contributed by atoms with Crippen LogP contribution in [0.4, 0.5) is 0 Å². The number of aliphatic carboxylic acids is 1. The number of nitrogens with zero attached hydrogens (tertiary/aromatic N) is 1. The second-order valence-corrected chi connectivity index (χ2v) is 6.51. The molecule has 15 heteroatoms. The van der Waals surface area contributed by atoms with Crippen molar-refractivity contribution in [2.75, 3.05) is 18.8 Å². The van der Waals surface area contributed by atoms with Crippen LogP contribution in [0.2, 0.25) is 0 Å². The molecule has 14 nitrogen and oxygen atoms in total. The third-order valence-corrected chi connectivity index (χ3v) is 3.94. The van der Waals surface area contributed by atoms with E-state index in [9.17, 15) is 29.1 Å². The summed E-state index contributed by atoms with van der Waals surface area (Å²) in [5, 5.41) is 16.0. The van der Waals surface area contributed by atoms with E-state index >= 15 is 0 Å². The molecule has 3 unspecified atom stereocenters. The van der Waals surface area contributed by atoms with Gasteiger partial charge in [0.25, 0.3) is 0 Å². The van der Waals surface area contributed by atoms with Gasteiger partial charge in [0.15, 0.2) is 5.96 Å². The SMILES string of the molecule is NC(=O)CC(N)C(=O)NCC(=O)NC(CS)C(=O)NC(CCCN=C(N)N)C(=O)O. The van der Waals surface area contributed by atoms with E-state index in [1.54, 1.807) is 0 Å². The second-order valence-electron chi connectivity index (χ2n) is 6.15. The largest absolute Gasteiger partial charge is 0.480 e. The van der Waals surface area contributed by atoms with Gasteiger partial charge < -0.3 is 44.0 Å². The van der Waals surface area contributed by atoms with Gasteiger partial charge in [-0.15, -0.1) is 0 Å². The van der Waals surface area contributed by atoms with Crippen LogP contribution in [-0.4, -0.2) is 77.6 Å². The van der Waals surface area contributed by atoms with Crippen LogP contribution in [0, 0.1) is 0 Å². The lowest BCUT2D eigenvalue weighted by molar-refractivity contribution is -0.142. The van der Waals surface area contributed by atoms with Crippen LogP contribution in [-0.2, 0) is 24.0 Å². The molecular weight excluding hydrogens is 420 g/mol. The van der Waals surface area contributed by atoms with Crippen molar-refractivity contribution >= 4 is 48.2 Å². The molecule has 3 atom stereocenters. The van der Waals surface area contributed by atoms with Crippen molar-refractivity contribution < 1.29 is 29.1 Å². The Balaban J connectivity index is 4.63. The topological polar surface area (TPSA) is 258 Å². The Morgan fingerprint density at radius 2 is 1.63 bits per heavy atom. The van der Waals surface area contributed by atoms with Crippen LogP contribution in [0.5, 0.6) is 0 Å². The third-order valence-electron chi connectivity index (χ3n) is 3.58. The number of aliphatic imine (C=N–C) groups is 1. The normalized spacial score (nSPS) is 13.3. The predicted molar refractivity (Wildman–Crippen MR) is 110 cm³/mol. The highest BCUT2D eigenvalue weighted by Gasteiger charge is 2.26. The minimum atomic E-state index is -1.27. The van der Waals surface area contributed by atoms with Crippen molar-refractivity contribution in [2.45, 2.75) is 37.4 Å². The average Bonchev–Trinajstić information content (AvgIpc) is 2.65. The minimum Gasteiger partial charge on any atom is -0.480 e. The van der Waals surface area contributed by atoms with Crippen LogP contribution in [0.1, 0.15) is 19.3 Å². The summed E-state index contributed by atoms with van der Waals surface area (Å²) in [4.78, 5) is 61.6. The Morgan fingerprint density at radius 3 is 2.13 bits per heavy atom. The first-order chi connectivity index (χ1) is 14.0. The number of carbonyl (C=O) groups is 5. The van der Waals surface area contributed by atoms with Gasteiger partial charge in [0, 0.05) is 12.3 Å². The molecule has 0 aliphatic rings. The molecule has 12 N–H and O–H groups in total. The highest BCUT2D eigenvalue weighted by Crippen LogP contribution is 2.00. The highest BCUT2D eigenvalue weighted by molar-refractivity contribution is 7.80. The second kappa shape index (κ2) is 14.0. The molecule has 0 saturated carbocycles. The van der Waals surface area contributed by atoms with Crippen molar-refractivity contribution in [3.63, 3.8) is 0 Å². The Morgan fingerprint density at radius 1 is 1.00 bits per heavy atom. The molecule has 0 rings (SSSR count). The Labute approximate surface area is 178 Å². The Kier molecular flexibility index (Phi) is 12.6. The van der Waals surface area contributed by atoms with Gasteiger partial charge in [-0.2, -0.15) is 12.6 Å². The lowest BCUT2D eigenvalue weighted by Crippen LogP contribution is -2.54. The zero-order valence-corrected chi connectivity index (χ0v) is 17.1. The summed E-state index contributed by atoms with van der Waals surface area (Å²) in [5.74, 6) is -4.61. The average molecular weight is 449 g/mol. The molecule has 4 amide bonds. The van der Waals surface area contributed by atoms with E-state index < -0.39 is 60.7 Å². The molecule has 0 saturated heterocycles. The van der Waals surface area contributed by atoms with Crippen molar-refractivity contribution in [1.82, 2.24) is 16.0 Å². The molecule has 0 radical (unpaired) electrons. The first-order valence-corrected chi connectivity index (χ1v) is 9.41. The molecule has 0 spiro atoms. The summed E-state index contributed by atoms with van der Waals surface area (Å²) in [6, 6.07) is -3.59. The highest BCUT2D eigenvalue weighted by atomic mass is 32.1.